The van der Waals surface area contributed by atoms with Crippen LogP contribution in [0.1, 0.15) is 23.7 Å². The van der Waals surface area contributed by atoms with Crippen molar-refractivity contribution in [3.63, 3.8) is 0 Å². The second-order valence-corrected chi connectivity index (χ2v) is 4.13. The lowest BCUT2D eigenvalue weighted by Gasteiger charge is -2.10. The van der Waals surface area contributed by atoms with E-state index in [-0.39, 0.29) is 23.5 Å². The van der Waals surface area contributed by atoms with E-state index in [4.69, 9.17) is 0 Å². The average Bonchev–Trinajstić information content (AvgIpc) is 2.18. The summed E-state index contributed by atoms with van der Waals surface area (Å²) in [5, 5.41) is 0. The summed E-state index contributed by atoms with van der Waals surface area (Å²) in [6.07, 6.45) is -4.50. The molecule has 0 atom stereocenters. The summed E-state index contributed by atoms with van der Waals surface area (Å²) in [4.78, 5) is 11.4. The molecule has 0 amide bonds. The molecule has 0 spiro atoms. The molecular weight excluding hydrogens is 336 g/mol. The molecule has 1 aromatic carbocycles. The first-order valence-corrected chi connectivity index (χ1v) is 5.50. The number of hydrogen-bond donors (Lipinski definition) is 0. The summed E-state index contributed by atoms with van der Waals surface area (Å²) in [6.45, 7) is 1.65. The van der Waals surface area contributed by atoms with Crippen molar-refractivity contribution in [2.24, 2.45) is 0 Å². The Kier molecular flexibility index (Phi) is 4.17. The smallest absolute Gasteiger partial charge is 0.406 e. The predicted octanol–water partition coefficient (Wildman–Crippen LogP) is 3.78. The monoisotopic (exact) mass is 344 g/mol. The molecule has 0 fully saturated rings. The van der Waals surface area contributed by atoms with Gasteiger partial charge in [0.25, 0.3) is 0 Å². The van der Waals surface area contributed by atoms with Gasteiger partial charge in [-0.3, -0.25) is 4.79 Å². The van der Waals surface area contributed by atoms with Crippen molar-refractivity contribution in [2.75, 3.05) is 0 Å². The SMILES string of the molecule is CCC(=O)c1cc(OC(F)(F)F)ccc1I. The zero-order chi connectivity index (χ0) is 12.3. The molecule has 0 aliphatic carbocycles. The quantitative estimate of drug-likeness (QED) is 0.616. The number of carbonyl (C=O) groups excluding carboxylic acids is 1. The summed E-state index contributed by atoms with van der Waals surface area (Å²) < 4.78 is 40.2. The predicted molar refractivity (Wildman–Crippen MR) is 60.5 cm³/mol. The van der Waals surface area contributed by atoms with E-state index >= 15 is 0 Å². The van der Waals surface area contributed by atoms with E-state index in [1.54, 1.807) is 6.92 Å². The van der Waals surface area contributed by atoms with Gasteiger partial charge in [0.15, 0.2) is 5.78 Å². The van der Waals surface area contributed by atoms with E-state index in [1.807, 2.05) is 22.6 Å². The summed E-state index contributed by atoms with van der Waals surface area (Å²) in [7, 11) is 0. The van der Waals surface area contributed by atoms with Crippen LogP contribution in [0.3, 0.4) is 0 Å². The van der Waals surface area contributed by atoms with Crippen LogP contribution >= 0.6 is 22.6 Å². The molecule has 0 unspecified atom stereocenters. The summed E-state index contributed by atoms with van der Waals surface area (Å²) in [6, 6.07) is 3.72. The summed E-state index contributed by atoms with van der Waals surface area (Å²) in [5.41, 5.74) is 0.254. The lowest BCUT2D eigenvalue weighted by atomic mass is 10.1. The second kappa shape index (κ2) is 5.03. The van der Waals surface area contributed by atoms with Crippen LogP contribution in [0.4, 0.5) is 13.2 Å². The minimum atomic E-state index is -4.74. The van der Waals surface area contributed by atoms with Gasteiger partial charge in [0.2, 0.25) is 0 Å². The highest BCUT2D eigenvalue weighted by atomic mass is 127. The highest BCUT2D eigenvalue weighted by molar-refractivity contribution is 14.1. The lowest BCUT2D eigenvalue weighted by Crippen LogP contribution is -2.17. The summed E-state index contributed by atoms with van der Waals surface area (Å²) in [5.74, 6) is -0.582. The number of ketones is 1. The summed E-state index contributed by atoms with van der Waals surface area (Å²) >= 11 is 1.90. The van der Waals surface area contributed by atoms with Crippen LogP contribution in [0.25, 0.3) is 0 Å². The van der Waals surface area contributed by atoms with E-state index in [0.717, 1.165) is 6.07 Å². The maximum absolute atomic E-state index is 11.9. The molecule has 0 N–H and O–H groups in total. The second-order valence-electron chi connectivity index (χ2n) is 2.97. The standard InChI is InChI=1S/C10H8F3IO2/c1-2-9(15)7-5-6(3-4-8(7)14)16-10(11,12)13/h3-5H,2H2,1H3. The van der Waals surface area contributed by atoms with Crippen LogP contribution in [-0.4, -0.2) is 12.1 Å². The number of ether oxygens (including phenoxy) is 1. The van der Waals surface area contributed by atoms with E-state index in [0.29, 0.717) is 3.57 Å². The van der Waals surface area contributed by atoms with Gasteiger partial charge in [-0.15, -0.1) is 13.2 Å². The van der Waals surface area contributed by atoms with Crippen LogP contribution in [0, 0.1) is 3.57 Å². The van der Waals surface area contributed by atoms with E-state index < -0.39 is 6.36 Å². The van der Waals surface area contributed by atoms with Gasteiger partial charge in [0, 0.05) is 15.6 Å². The number of rotatable bonds is 3. The zero-order valence-corrected chi connectivity index (χ0v) is 10.4. The van der Waals surface area contributed by atoms with Crippen molar-refractivity contribution in [3.8, 4) is 5.75 Å². The molecule has 0 aromatic heterocycles. The number of Topliss-reactive ketones (excluding diaryl/α,β-unsaturated/α-hetero) is 1. The molecule has 0 bridgehead atoms. The Hall–Kier alpha value is -0.790. The van der Waals surface area contributed by atoms with Crippen molar-refractivity contribution >= 4 is 28.4 Å². The fourth-order valence-corrected chi connectivity index (χ4v) is 1.74. The fourth-order valence-electron chi connectivity index (χ4n) is 1.11. The van der Waals surface area contributed by atoms with Crippen molar-refractivity contribution in [3.05, 3.63) is 27.3 Å². The Morgan fingerprint density at radius 3 is 2.56 bits per heavy atom. The minimum Gasteiger partial charge on any atom is -0.406 e. The molecule has 88 valence electrons. The molecule has 0 heterocycles. The number of hydrogen-bond acceptors (Lipinski definition) is 2. The van der Waals surface area contributed by atoms with Gasteiger partial charge in [0.05, 0.1) is 0 Å². The van der Waals surface area contributed by atoms with Crippen molar-refractivity contribution < 1.29 is 22.7 Å². The Morgan fingerprint density at radius 1 is 1.44 bits per heavy atom. The van der Waals surface area contributed by atoms with E-state index in [2.05, 4.69) is 4.74 Å². The first-order chi connectivity index (χ1) is 7.33. The molecule has 0 aliphatic rings. The maximum Gasteiger partial charge on any atom is 0.573 e. The Morgan fingerprint density at radius 2 is 2.06 bits per heavy atom. The maximum atomic E-state index is 11.9. The topological polar surface area (TPSA) is 26.3 Å². The molecule has 0 saturated carbocycles. The van der Waals surface area contributed by atoms with Gasteiger partial charge in [-0.25, -0.2) is 0 Å². The molecule has 0 saturated heterocycles. The average molecular weight is 344 g/mol. The highest BCUT2D eigenvalue weighted by Gasteiger charge is 2.31. The van der Waals surface area contributed by atoms with Gasteiger partial charge >= 0.3 is 6.36 Å². The number of alkyl halides is 3. The molecule has 2 nitrogen and oxygen atoms in total. The third-order valence-corrected chi connectivity index (χ3v) is 2.73. The third-order valence-electron chi connectivity index (χ3n) is 1.79. The van der Waals surface area contributed by atoms with Crippen molar-refractivity contribution in [1.82, 2.24) is 0 Å². The fraction of sp³-hybridized carbons (Fsp3) is 0.300. The molecule has 0 radical (unpaired) electrons. The Bertz CT molecular complexity index is 402. The highest BCUT2D eigenvalue weighted by Crippen LogP contribution is 2.26. The molecular formula is C10H8F3IO2. The first-order valence-electron chi connectivity index (χ1n) is 4.42. The van der Waals surface area contributed by atoms with Gasteiger partial charge in [-0.1, -0.05) is 6.92 Å². The van der Waals surface area contributed by atoms with Crippen LogP contribution in [0.2, 0.25) is 0 Å². The van der Waals surface area contributed by atoms with Gasteiger partial charge in [-0.2, -0.15) is 0 Å². The molecule has 1 rings (SSSR count). The Balaban J connectivity index is 3.03. The van der Waals surface area contributed by atoms with E-state index in [1.165, 1.54) is 12.1 Å². The third kappa shape index (κ3) is 3.66. The molecule has 16 heavy (non-hydrogen) atoms. The zero-order valence-electron chi connectivity index (χ0n) is 8.27. The van der Waals surface area contributed by atoms with Crippen LogP contribution < -0.4 is 4.74 Å². The van der Waals surface area contributed by atoms with Crippen molar-refractivity contribution in [2.45, 2.75) is 19.7 Å². The molecule has 6 heteroatoms. The number of carbonyl (C=O) groups is 1. The van der Waals surface area contributed by atoms with Crippen LogP contribution in [0.15, 0.2) is 18.2 Å². The van der Waals surface area contributed by atoms with Crippen LogP contribution in [-0.2, 0) is 0 Å². The Labute approximate surface area is 104 Å². The normalized spacial score (nSPS) is 11.3. The lowest BCUT2D eigenvalue weighted by molar-refractivity contribution is -0.274. The minimum absolute atomic E-state index is 0.211. The van der Waals surface area contributed by atoms with Crippen molar-refractivity contribution in [1.29, 1.82) is 0 Å². The largest absolute Gasteiger partial charge is 0.573 e. The first kappa shape index (κ1) is 13.3. The molecule has 1 aromatic rings. The van der Waals surface area contributed by atoms with Gasteiger partial charge in [-0.05, 0) is 40.8 Å². The van der Waals surface area contributed by atoms with Gasteiger partial charge < -0.3 is 4.74 Å². The van der Waals surface area contributed by atoms with Crippen LogP contribution in [0.5, 0.6) is 5.75 Å². The molecule has 0 aliphatic heterocycles. The number of benzene rings is 1. The van der Waals surface area contributed by atoms with E-state index in [9.17, 15) is 18.0 Å². The number of halogens is 4. The van der Waals surface area contributed by atoms with Gasteiger partial charge in [0.1, 0.15) is 5.75 Å².